The predicted molar refractivity (Wildman–Crippen MR) is 120 cm³/mol. The first-order valence-corrected chi connectivity index (χ1v) is 10.9. The van der Waals surface area contributed by atoms with Crippen LogP contribution in [0.15, 0.2) is 63.9 Å². The van der Waals surface area contributed by atoms with E-state index in [2.05, 4.69) is 10.1 Å². The fourth-order valence-electron chi connectivity index (χ4n) is 3.96. The standard InChI is InChI=1S/C24H28N4O4/c1-18-7-9-19(10-8-18)15-22(30)27-13-11-26(12-14-27)16-21(29)17-28-23(25-32-24(28)31)20-5-3-2-4-6-20/h2-10,21,29H,11-17H2,1H3. The normalized spacial score (nSPS) is 15.6. The minimum atomic E-state index is -0.760. The van der Waals surface area contributed by atoms with Gasteiger partial charge >= 0.3 is 5.76 Å². The van der Waals surface area contributed by atoms with E-state index in [-0.39, 0.29) is 12.5 Å². The summed E-state index contributed by atoms with van der Waals surface area (Å²) in [5, 5.41) is 14.5. The highest BCUT2D eigenvalue weighted by atomic mass is 16.5. The average molecular weight is 437 g/mol. The number of aliphatic hydroxyl groups is 1. The Hall–Kier alpha value is -3.23. The quantitative estimate of drug-likeness (QED) is 0.604. The molecular formula is C24H28N4O4. The van der Waals surface area contributed by atoms with Gasteiger partial charge in [0.25, 0.3) is 0 Å². The van der Waals surface area contributed by atoms with Crippen LogP contribution in [0.4, 0.5) is 0 Å². The van der Waals surface area contributed by atoms with Crippen molar-refractivity contribution in [2.24, 2.45) is 0 Å². The van der Waals surface area contributed by atoms with E-state index in [0.717, 1.165) is 11.1 Å². The predicted octanol–water partition coefficient (Wildman–Crippen LogP) is 1.56. The first kappa shape index (κ1) is 22.0. The van der Waals surface area contributed by atoms with Crippen LogP contribution in [-0.2, 0) is 17.8 Å². The van der Waals surface area contributed by atoms with Crippen LogP contribution in [0.25, 0.3) is 11.4 Å². The zero-order valence-corrected chi connectivity index (χ0v) is 18.2. The smallest absolute Gasteiger partial charge is 0.390 e. The number of β-amino-alcohol motifs (C(OH)–C–C–N with tert-alkyl or cyclic N) is 1. The van der Waals surface area contributed by atoms with E-state index in [1.54, 1.807) is 0 Å². The number of carbonyl (C=O) groups excluding carboxylic acids is 1. The number of amides is 1. The van der Waals surface area contributed by atoms with E-state index < -0.39 is 11.9 Å². The number of piperazine rings is 1. The number of benzene rings is 2. The lowest BCUT2D eigenvalue weighted by Crippen LogP contribution is -2.51. The van der Waals surface area contributed by atoms with Crippen molar-refractivity contribution in [2.45, 2.75) is 26.0 Å². The molecule has 8 heteroatoms. The van der Waals surface area contributed by atoms with E-state index in [4.69, 9.17) is 4.52 Å². The highest BCUT2D eigenvalue weighted by Gasteiger charge is 2.24. The topological polar surface area (TPSA) is 91.8 Å². The summed E-state index contributed by atoms with van der Waals surface area (Å²) >= 11 is 0. The maximum absolute atomic E-state index is 12.6. The Labute approximate surface area is 186 Å². The van der Waals surface area contributed by atoms with Crippen molar-refractivity contribution in [1.29, 1.82) is 0 Å². The Morgan fingerprint density at radius 3 is 2.41 bits per heavy atom. The number of hydrogen-bond acceptors (Lipinski definition) is 6. The molecule has 0 spiro atoms. The van der Waals surface area contributed by atoms with Crippen molar-refractivity contribution < 1.29 is 14.4 Å². The molecule has 1 saturated heterocycles. The molecule has 1 N–H and O–H groups in total. The van der Waals surface area contributed by atoms with E-state index in [1.165, 1.54) is 10.1 Å². The maximum Gasteiger partial charge on any atom is 0.441 e. The molecule has 1 aromatic heterocycles. The summed E-state index contributed by atoms with van der Waals surface area (Å²) in [6, 6.07) is 17.3. The molecular weight excluding hydrogens is 408 g/mol. The Morgan fingerprint density at radius 2 is 1.72 bits per heavy atom. The number of aromatic nitrogens is 2. The van der Waals surface area contributed by atoms with Gasteiger partial charge in [0.1, 0.15) is 0 Å². The van der Waals surface area contributed by atoms with Gasteiger partial charge in [0.15, 0.2) is 5.82 Å². The van der Waals surface area contributed by atoms with Gasteiger partial charge in [-0.3, -0.25) is 18.8 Å². The fourth-order valence-corrected chi connectivity index (χ4v) is 3.96. The molecule has 3 aromatic rings. The third kappa shape index (κ3) is 5.33. The lowest BCUT2D eigenvalue weighted by Gasteiger charge is -2.35. The number of nitrogens with zero attached hydrogens (tertiary/aromatic N) is 4. The van der Waals surface area contributed by atoms with Crippen LogP contribution in [0, 0.1) is 6.92 Å². The van der Waals surface area contributed by atoms with E-state index >= 15 is 0 Å². The zero-order valence-electron chi connectivity index (χ0n) is 18.2. The van der Waals surface area contributed by atoms with Crippen LogP contribution in [0.2, 0.25) is 0 Å². The van der Waals surface area contributed by atoms with Crippen molar-refractivity contribution in [3.63, 3.8) is 0 Å². The first-order chi connectivity index (χ1) is 15.5. The molecule has 1 aliphatic rings. The van der Waals surface area contributed by atoms with Gasteiger partial charge in [0.05, 0.1) is 19.1 Å². The lowest BCUT2D eigenvalue weighted by molar-refractivity contribution is -0.132. The van der Waals surface area contributed by atoms with E-state index in [1.807, 2.05) is 66.4 Å². The molecule has 32 heavy (non-hydrogen) atoms. The minimum Gasteiger partial charge on any atom is -0.390 e. The lowest BCUT2D eigenvalue weighted by atomic mass is 10.1. The van der Waals surface area contributed by atoms with Gasteiger partial charge in [-0.2, -0.15) is 0 Å². The molecule has 2 aromatic carbocycles. The SMILES string of the molecule is Cc1ccc(CC(=O)N2CCN(CC(O)Cn3c(-c4ccccc4)noc3=O)CC2)cc1. The van der Waals surface area contributed by atoms with Gasteiger partial charge in [-0.25, -0.2) is 4.79 Å². The number of aliphatic hydroxyl groups excluding tert-OH is 1. The van der Waals surface area contributed by atoms with Crippen LogP contribution < -0.4 is 5.76 Å². The Kier molecular flexibility index (Phi) is 6.82. The summed E-state index contributed by atoms with van der Waals surface area (Å²) < 4.78 is 6.19. The molecule has 0 saturated carbocycles. The van der Waals surface area contributed by atoms with Gasteiger partial charge in [0.2, 0.25) is 5.91 Å². The maximum atomic E-state index is 12.6. The summed E-state index contributed by atoms with van der Waals surface area (Å²) in [4.78, 5) is 28.7. The van der Waals surface area contributed by atoms with Crippen LogP contribution in [0.3, 0.4) is 0 Å². The van der Waals surface area contributed by atoms with E-state index in [0.29, 0.717) is 45.0 Å². The number of rotatable bonds is 7. The summed E-state index contributed by atoms with van der Waals surface area (Å²) in [6.07, 6.45) is -0.356. The van der Waals surface area contributed by atoms with Crippen LogP contribution in [0.5, 0.6) is 0 Å². The van der Waals surface area contributed by atoms with Gasteiger partial charge in [-0.05, 0) is 12.5 Å². The number of aryl methyl sites for hydroxylation is 1. The van der Waals surface area contributed by atoms with Gasteiger partial charge in [0, 0.05) is 38.3 Å². The molecule has 0 aliphatic carbocycles. The molecule has 8 nitrogen and oxygen atoms in total. The second kappa shape index (κ2) is 9.93. The molecule has 0 radical (unpaired) electrons. The van der Waals surface area contributed by atoms with Crippen molar-refractivity contribution in [3.05, 3.63) is 76.3 Å². The van der Waals surface area contributed by atoms with Gasteiger partial charge < -0.3 is 10.0 Å². The summed E-state index contributed by atoms with van der Waals surface area (Å²) in [5.41, 5.74) is 2.95. The molecule has 4 rings (SSSR count). The van der Waals surface area contributed by atoms with Crippen LogP contribution in [0.1, 0.15) is 11.1 Å². The first-order valence-electron chi connectivity index (χ1n) is 10.9. The third-order valence-corrected chi connectivity index (χ3v) is 5.78. The Morgan fingerprint density at radius 1 is 1.03 bits per heavy atom. The van der Waals surface area contributed by atoms with Crippen molar-refractivity contribution in [1.82, 2.24) is 19.5 Å². The third-order valence-electron chi connectivity index (χ3n) is 5.78. The zero-order chi connectivity index (χ0) is 22.5. The average Bonchev–Trinajstić information content (AvgIpc) is 3.16. The molecule has 1 unspecified atom stereocenters. The largest absolute Gasteiger partial charge is 0.441 e. The summed E-state index contributed by atoms with van der Waals surface area (Å²) in [7, 11) is 0. The minimum absolute atomic E-state index is 0.0964. The van der Waals surface area contributed by atoms with Crippen molar-refractivity contribution in [3.8, 4) is 11.4 Å². The second-order valence-corrected chi connectivity index (χ2v) is 8.25. The van der Waals surface area contributed by atoms with Gasteiger partial charge in [-0.15, -0.1) is 0 Å². The Balaban J connectivity index is 1.28. The van der Waals surface area contributed by atoms with E-state index in [9.17, 15) is 14.7 Å². The Bertz CT molecular complexity index is 1080. The summed E-state index contributed by atoms with van der Waals surface area (Å²) in [5.74, 6) is -0.0619. The highest BCUT2D eigenvalue weighted by molar-refractivity contribution is 5.78. The molecule has 1 atom stereocenters. The molecule has 1 fully saturated rings. The number of carbonyl (C=O) groups is 1. The molecule has 0 bridgehead atoms. The monoisotopic (exact) mass is 436 g/mol. The summed E-state index contributed by atoms with van der Waals surface area (Å²) in [6.45, 7) is 5.15. The second-order valence-electron chi connectivity index (χ2n) is 8.25. The van der Waals surface area contributed by atoms with Crippen molar-refractivity contribution in [2.75, 3.05) is 32.7 Å². The fraction of sp³-hybridized carbons (Fsp3) is 0.375. The molecule has 1 aliphatic heterocycles. The van der Waals surface area contributed by atoms with Gasteiger partial charge in [-0.1, -0.05) is 65.3 Å². The van der Waals surface area contributed by atoms with Crippen molar-refractivity contribution >= 4 is 5.91 Å². The molecule has 1 amide bonds. The highest BCUT2D eigenvalue weighted by Crippen LogP contribution is 2.16. The number of hydrogen-bond donors (Lipinski definition) is 1. The van der Waals surface area contributed by atoms with Crippen LogP contribution >= 0.6 is 0 Å². The molecule has 168 valence electrons. The van der Waals surface area contributed by atoms with Crippen LogP contribution in [-0.4, -0.2) is 69.4 Å². The molecule has 2 heterocycles.